The Morgan fingerprint density at radius 3 is 2.71 bits per heavy atom. The number of nitriles is 1. The van der Waals surface area contributed by atoms with E-state index in [9.17, 15) is 18.8 Å². The standard InChI is InChI=1S/C29H24F2N8O3/c1-38-15-23(36-27(40)22-14-35-39-12-2-11-34-26(22)39)25(37-38)21-13-20(7-8-24(21)42-28(30)31)41-19-5-3-18(4-6-19)29(9-10-32)16-33-17-29/h2-8,11-15,28,33H,9,16-17H2,1H3,(H,36,40). The molecule has 0 aliphatic carbocycles. The fourth-order valence-corrected chi connectivity index (χ4v) is 4.93. The predicted molar refractivity (Wildman–Crippen MR) is 148 cm³/mol. The number of nitrogens with one attached hydrogen (secondary N) is 2. The second-order valence-electron chi connectivity index (χ2n) is 9.85. The molecule has 3 aromatic heterocycles. The number of alkyl halides is 2. The summed E-state index contributed by atoms with van der Waals surface area (Å²) in [6, 6.07) is 15.8. The lowest BCUT2D eigenvalue weighted by atomic mass is 9.73. The number of hydrogen-bond acceptors (Lipinski definition) is 8. The molecular weight excluding hydrogens is 546 g/mol. The first-order valence-corrected chi connectivity index (χ1v) is 12.9. The molecule has 1 fully saturated rings. The number of anilines is 1. The van der Waals surface area contributed by atoms with Crippen molar-refractivity contribution in [1.29, 1.82) is 5.26 Å². The highest BCUT2D eigenvalue weighted by Gasteiger charge is 2.38. The van der Waals surface area contributed by atoms with Crippen molar-refractivity contribution in [2.75, 3.05) is 18.4 Å². The van der Waals surface area contributed by atoms with Gasteiger partial charge in [-0.15, -0.1) is 0 Å². The molecule has 6 rings (SSSR count). The van der Waals surface area contributed by atoms with Gasteiger partial charge in [-0.3, -0.25) is 9.48 Å². The molecule has 0 unspecified atom stereocenters. The van der Waals surface area contributed by atoms with Crippen LogP contribution in [0.2, 0.25) is 0 Å². The van der Waals surface area contributed by atoms with Gasteiger partial charge in [-0.1, -0.05) is 12.1 Å². The van der Waals surface area contributed by atoms with E-state index in [2.05, 4.69) is 31.9 Å². The number of fused-ring (bicyclic) bond motifs is 1. The van der Waals surface area contributed by atoms with Gasteiger partial charge in [0.2, 0.25) is 0 Å². The lowest BCUT2D eigenvalue weighted by molar-refractivity contribution is -0.0494. The molecule has 1 saturated heterocycles. The Morgan fingerprint density at radius 2 is 2.00 bits per heavy atom. The van der Waals surface area contributed by atoms with E-state index in [1.54, 1.807) is 43.8 Å². The molecule has 1 amide bonds. The summed E-state index contributed by atoms with van der Waals surface area (Å²) in [6.45, 7) is -1.63. The van der Waals surface area contributed by atoms with Crippen molar-refractivity contribution in [2.45, 2.75) is 18.4 Å². The number of hydrogen-bond donors (Lipinski definition) is 2. The van der Waals surface area contributed by atoms with E-state index in [-0.39, 0.29) is 33.7 Å². The van der Waals surface area contributed by atoms with Crippen molar-refractivity contribution < 1.29 is 23.0 Å². The van der Waals surface area contributed by atoms with Crippen LogP contribution >= 0.6 is 0 Å². The van der Waals surface area contributed by atoms with Crippen LogP contribution < -0.4 is 20.1 Å². The fraction of sp³-hybridized carbons (Fsp3) is 0.207. The van der Waals surface area contributed by atoms with Gasteiger partial charge < -0.3 is 20.1 Å². The zero-order valence-corrected chi connectivity index (χ0v) is 22.3. The topological polar surface area (TPSA) is 131 Å². The van der Waals surface area contributed by atoms with Gasteiger partial charge in [0, 0.05) is 50.6 Å². The largest absolute Gasteiger partial charge is 0.457 e. The minimum atomic E-state index is -3.09. The van der Waals surface area contributed by atoms with Crippen LogP contribution in [0, 0.1) is 11.3 Å². The maximum Gasteiger partial charge on any atom is 0.387 e. The van der Waals surface area contributed by atoms with Crippen molar-refractivity contribution in [1.82, 2.24) is 29.7 Å². The molecule has 42 heavy (non-hydrogen) atoms. The normalized spacial score (nSPS) is 13.9. The number of carbonyl (C=O) groups excluding carboxylic acids is 1. The highest BCUT2D eigenvalue weighted by Crippen LogP contribution is 2.39. The van der Waals surface area contributed by atoms with E-state index < -0.39 is 12.5 Å². The summed E-state index contributed by atoms with van der Waals surface area (Å²) in [5.74, 6) is 0.209. The molecule has 2 N–H and O–H groups in total. The second-order valence-corrected chi connectivity index (χ2v) is 9.85. The van der Waals surface area contributed by atoms with E-state index in [0.29, 0.717) is 23.6 Å². The molecule has 4 heterocycles. The summed E-state index contributed by atoms with van der Waals surface area (Å²) >= 11 is 0. The molecule has 0 bridgehead atoms. The van der Waals surface area contributed by atoms with E-state index in [1.165, 1.54) is 33.6 Å². The highest BCUT2D eigenvalue weighted by molar-refractivity contribution is 6.09. The Morgan fingerprint density at radius 1 is 1.21 bits per heavy atom. The minimum Gasteiger partial charge on any atom is -0.457 e. The number of aryl methyl sites for hydroxylation is 1. The van der Waals surface area contributed by atoms with E-state index in [1.807, 2.05) is 12.1 Å². The number of nitrogens with zero attached hydrogens (tertiary/aromatic N) is 6. The highest BCUT2D eigenvalue weighted by atomic mass is 19.3. The molecular formula is C29H24F2N8O3. The van der Waals surface area contributed by atoms with Gasteiger partial charge in [0.1, 0.15) is 28.5 Å². The number of rotatable bonds is 9. The quantitative estimate of drug-likeness (QED) is 0.264. The van der Waals surface area contributed by atoms with Crippen LogP contribution in [0.5, 0.6) is 17.2 Å². The fourth-order valence-electron chi connectivity index (χ4n) is 4.93. The summed E-state index contributed by atoms with van der Waals surface area (Å²) in [6.07, 6.45) is 6.56. The first kappa shape index (κ1) is 26.9. The summed E-state index contributed by atoms with van der Waals surface area (Å²) in [5.41, 5.74) is 2.05. The van der Waals surface area contributed by atoms with Crippen LogP contribution in [0.3, 0.4) is 0 Å². The molecule has 13 heteroatoms. The molecule has 212 valence electrons. The average molecular weight is 571 g/mol. The lowest BCUT2D eigenvalue weighted by Crippen LogP contribution is -2.56. The second kappa shape index (κ2) is 10.9. The van der Waals surface area contributed by atoms with E-state index in [0.717, 1.165) is 18.7 Å². The zero-order chi connectivity index (χ0) is 29.3. The zero-order valence-electron chi connectivity index (χ0n) is 22.3. The molecule has 11 nitrogen and oxygen atoms in total. The Kier molecular flexibility index (Phi) is 6.97. The summed E-state index contributed by atoms with van der Waals surface area (Å²) in [5, 5.41) is 23.8. The molecule has 0 atom stereocenters. The van der Waals surface area contributed by atoms with Gasteiger partial charge in [-0.25, -0.2) is 9.50 Å². The van der Waals surface area contributed by atoms with E-state index >= 15 is 0 Å². The lowest BCUT2D eigenvalue weighted by Gasteiger charge is -2.41. The third-order valence-corrected chi connectivity index (χ3v) is 7.07. The Balaban J connectivity index is 1.30. The summed E-state index contributed by atoms with van der Waals surface area (Å²) < 4.78 is 40.5. The maximum atomic E-state index is 13.3. The summed E-state index contributed by atoms with van der Waals surface area (Å²) in [4.78, 5) is 17.4. The van der Waals surface area contributed by atoms with Crippen LogP contribution in [-0.4, -0.2) is 50.0 Å². The maximum absolute atomic E-state index is 13.3. The predicted octanol–water partition coefficient (Wildman–Crippen LogP) is 4.53. The molecule has 0 saturated carbocycles. The number of ether oxygens (including phenoxy) is 2. The summed E-state index contributed by atoms with van der Waals surface area (Å²) in [7, 11) is 1.64. The SMILES string of the molecule is Cn1cc(NC(=O)c2cnn3cccnc23)c(-c2cc(Oc3ccc(C4(CC#N)CNC4)cc3)ccc2OC(F)F)n1. The monoisotopic (exact) mass is 570 g/mol. The van der Waals surface area contributed by atoms with Gasteiger partial charge >= 0.3 is 6.61 Å². The third kappa shape index (κ3) is 5.11. The first-order chi connectivity index (χ1) is 20.3. The molecule has 0 radical (unpaired) electrons. The van der Waals surface area contributed by atoms with Crippen LogP contribution in [0.1, 0.15) is 22.3 Å². The van der Waals surface area contributed by atoms with Gasteiger partial charge in [0.25, 0.3) is 5.91 Å². The Bertz CT molecular complexity index is 1810. The third-order valence-electron chi connectivity index (χ3n) is 7.07. The van der Waals surface area contributed by atoms with Crippen molar-refractivity contribution in [3.05, 3.63) is 84.4 Å². The number of halogens is 2. The minimum absolute atomic E-state index is 0.143. The van der Waals surface area contributed by atoms with Crippen LogP contribution in [0.25, 0.3) is 16.9 Å². The van der Waals surface area contributed by atoms with Crippen molar-refractivity contribution in [3.8, 4) is 34.6 Å². The van der Waals surface area contributed by atoms with Crippen LogP contribution in [0.15, 0.2) is 73.3 Å². The first-order valence-electron chi connectivity index (χ1n) is 12.9. The van der Waals surface area contributed by atoms with Crippen molar-refractivity contribution in [2.24, 2.45) is 7.05 Å². The van der Waals surface area contributed by atoms with Crippen molar-refractivity contribution >= 4 is 17.2 Å². The molecule has 2 aromatic carbocycles. The van der Waals surface area contributed by atoms with Gasteiger partial charge in [-0.05, 0) is 42.0 Å². The molecule has 1 aliphatic rings. The smallest absolute Gasteiger partial charge is 0.387 e. The average Bonchev–Trinajstić information content (AvgIpc) is 3.55. The van der Waals surface area contributed by atoms with Gasteiger partial charge in [0.05, 0.1) is 23.5 Å². The molecule has 0 spiro atoms. The van der Waals surface area contributed by atoms with Crippen LogP contribution in [-0.2, 0) is 12.5 Å². The number of benzene rings is 2. The number of amides is 1. The van der Waals surface area contributed by atoms with Crippen LogP contribution in [0.4, 0.5) is 14.5 Å². The number of aromatic nitrogens is 5. The molecule has 1 aliphatic heterocycles. The molecule has 5 aromatic rings. The van der Waals surface area contributed by atoms with Gasteiger partial charge in [-0.2, -0.15) is 24.2 Å². The Labute approximate surface area is 238 Å². The van der Waals surface area contributed by atoms with Crippen molar-refractivity contribution in [3.63, 3.8) is 0 Å². The van der Waals surface area contributed by atoms with E-state index in [4.69, 9.17) is 9.47 Å². The Hall–Kier alpha value is -5.35. The number of carbonyl (C=O) groups is 1. The van der Waals surface area contributed by atoms with Gasteiger partial charge in [0.15, 0.2) is 5.65 Å².